The molecule has 8 heteroatoms. The molecule has 0 saturated heterocycles. The van der Waals surface area contributed by atoms with Crippen LogP contribution in [0, 0.1) is 5.92 Å². The van der Waals surface area contributed by atoms with Crippen LogP contribution in [0.25, 0.3) is 0 Å². The Kier molecular flexibility index (Phi) is 42.9. The Balaban J connectivity index is 0. The number of unbranched alkanes of at least 4 members (excludes halogenated alkanes) is 27. The number of carbonyl (C=O) groups excluding carboxylic acids is 1. The van der Waals surface area contributed by atoms with Crippen LogP contribution < -0.4 is 0 Å². The molecule has 0 radical (unpaired) electrons. The molecule has 0 rings (SSSR count). The first-order valence-electron chi connectivity index (χ1n) is 21.3. The molecule has 5 N–H and O–H groups in total. The fourth-order valence-electron chi connectivity index (χ4n) is 6.29. The van der Waals surface area contributed by atoms with E-state index in [2.05, 4.69) is 13.8 Å². The quantitative estimate of drug-likeness (QED) is 0.0314. The van der Waals surface area contributed by atoms with Gasteiger partial charge >= 0.3 is 11.9 Å². The van der Waals surface area contributed by atoms with Gasteiger partial charge in [-0.15, -0.1) is 0 Å². The largest absolute Gasteiger partial charge is 0.481 e. The van der Waals surface area contributed by atoms with Crippen molar-refractivity contribution in [3.63, 3.8) is 0 Å². The molecule has 8 nitrogen and oxygen atoms in total. The minimum Gasteiger partial charge on any atom is -0.481 e. The number of carbonyl (C=O) groups is 2. The van der Waals surface area contributed by atoms with Gasteiger partial charge in [0.05, 0.1) is 25.2 Å². The molecule has 0 aromatic heterocycles. The van der Waals surface area contributed by atoms with Gasteiger partial charge in [0.2, 0.25) is 0 Å². The highest BCUT2D eigenvalue weighted by Gasteiger charge is 2.20. The third-order valence-corrected chi connectivity index (χ3v) is 9.65. The van der Waals surface area contributed by atoms with E-state index < -0.39 is 24.1 Å². The average Bonchev–Trinajstić information content (AvgIpc) is 3.11. The second kappa shape index (κ2) is 42.2. The van der Waals surface area contributed by atoms with E-state index in [1.165, 1.54) is 161 Å². The van der Waals surface area contributed by atoms with E-state index in [1.807, 2.05) is 0 Å². The van der Waals surface area contributed by atoms with Gasteiger partial charge in [-0.3, -0.25) is 9.59 Å². The van der Waals surface area contributed by atoms with Gasteiger partial charge in [0.1, 0.15) is 12.7 Å². The van der Waals surface area contributed by atoms with Crippen molar-refractivity contribution in [3.8, 4) is 0 Å². The zero-order chi connectivity index (χ0) is 37.3. The van der Waals surface area contributed by atoms with E-state index in [1.54, 1.807) is 0 Å². The number of rotatable bonds is 38. The standard InChI is InChI=1S/2C21H42O4/c1-2-3-4-5-6-7-8-9-10-11-12-13-14-15-16-19(21(24)25)17-20(23)18-22;1-2-3-4-5-6-7-8-9-10-11-12-13-14-15-16-17-21(24)25-19-20(23)18-22/h19-20,22-23H,2-18H2,1H3,(H,24,25);20,22-23H,2-19H2,1H3. The number of hydrogen-bond donors (Lipinski definition) is 5. The summed E-state index contributed by atoms with van der Waals surface area (Å²) in [4.78, 5) is 22.5. The molecule has 0 aliphatic rings. The van der Waals surface area contributed by atoms with Crippen LogP contribution in [-0.2, 0) is 14.3 Å². The smallest absolute Gasteiger partial charge is 0.306 e. The van der Waals surface area contributed by atoms with Gasteiger partial charge in [0, 0.05) is 6.42 Å². The third kappa shape index (κ3) is 41.2. The summed E-state index contributed by atoms with van der Waals surface area (Å²) in [6.45, 7) is 3.69. The van der Waals surface area contributed by atoms with E-state index in [9.17, 15) is 14.7 Å². The Hall–Kier alpha value is -1.22. The molecule has 0 aromatic rings. The van der Waals surface area contributed by atoms with E-state index in [0.29, 0.717) is 12.8 Å². The lowest BCUT2D eigenvalue weighted by Gasteiger charge is -2.15. The summed E-state index contributed by atoms with van der Waals surface area (Å²) in [6.07, 6.45) is 36.9. The van der Waals surface area contributed by atoms with Crippen molar-refractivity contribution in [1.82, 2.24) is 0 Å². The predicted molar refractivity (Wildman–Crippen MR) is 207 cm³/mol. The van der Waals surface area contributed by atoms with Gasteiger partial charge < -0.3 is 30.3 Å². The van der Waals surface area contributed by atoms with Gasteiger partial charge in [-0.05, 0) is 19.3 Å². The molecule has 50 heavy (non-hydrogen) atoms. The molecule has 0 spiro atoms. The molecule has 0 heterocycles. The van der Waals surface area contributed by atoms with Crippen LogP contribution in [0.4, 0.5) is 0 Å². The van der Waals surface area contributed by atoms with Crippen molar-refractivity contribution in [2.75, 3.05) is 19.8 Å². The molecule has 0 aliphatic heterocycles. The number of ether oxygens (including phenoxy) is 1. The van der Waals surface area contributed by atoms with Crippen LogP contribution in [0.15, 0.2) is 0 Å². The second-order valence-electron chi connectivity index (χ2n) is 14.7. The topological polar surface area (TPSA) is 145 Å². The zero-order valence-electron chi connectivity index (χ0n) is 32.9. The molecule has 0 aliphatic carbocycles. The van der Waals surface area contributed by atoms with Gasteiger partial charge in [0.25, 0.3) is 0 Å². The number of hydrogen-bond acceptors (Lipinski definition) is 7. The first kappa shape index (κ1) is 50.9. The van der Waals surface area contributed by atoms with Gasteiger partial charge in [0.15, 0.2) is 0 Å². The van der Waals surface area contributed by atoms with Crippen molar-refractivity contribution in [1.29, 1.82) is 0 Å². The molecule has 3 unspecified atom stereocenters. The van der Waals surface area contributed by atoms with Crippen LogP contribution in [0.5, 0.6) is 0 Å². The Bertz CT molecular complexity index is 687. The number of carboxylic acids is 1. The molecule has 3 atom stereocenters. The van der Waals surface area contributed by atoms with Crippen LogP contribution in [0.2, 0.25) is 0 Å². The molecular formula is C42H84O8. The van der Waals surface area contributed by atoms with Gasteiger partial charge in [-0.1, -0.05) is 194 Å². The van der Waals surface area contributed by atoms with Crippen LogP contribution >= 0.6 is 0 Å². The van der Waals surface area contributed by atoms with E-state index >= 15 is 0 Å². The first-order chi connectivity index (χ1) is 24.3. The summed E-state index contributed by atoms with van der Waals surface area (Å²) >= 11 is 0. The average molecular weight is 717 g/mol. The maximum atomic E-state index is 11.4. The summed E-state index contributed by atoms with van der Waals surface area (Å²) in [5.74, 6) is -1.66. The Morgan fingerprint density at radius 3 is 1.12 bits per heavy atom. The summed E-state index contributed by atoms with van der Waals surface area (Å²) in [5, 5.41) is 45.0. The number of esters is 1. The van der Waals surface area contributed by atoms with Gasteiger partial charge in [-0.2, -0.15) is 0 Å². The predicted octanol–water partition coefficient (Wildman–Crippen LogP) is 10.4. The number of aliphatic hydroxyl groups excluding tert-OH is 4. The first-order valence-corrected chi connectivity index (χ1v) is 21.3. The van der Waals surface area contributed by atoms with Crippen molar-refractivity contribution in [3.05, 3.63) is 0 Å². The molecule has 0 saturated carbocycles. The fraction of sp³-hybridized carbons (Fsp3) is 0.952. The minimum atomic E-state index is -0.954. The summed E-state index contributed by atoms with van der Waals surface area (Å²) in [6, 6.07) is 0. The molecule has 0 amide bonds. The highest BCUT2D eigenvalue weighted by Crippen LogP contribution is 2.19. The van der Waals surface area contributed by atoms with E-state index in [-0.39, 0.29) is 32.2 Å². The van der Waals surface area contributed by atoms with E-state index in [0.717, 1.165) is 25.7 Å². The normalized spacial score (nSPS) is 13.0. The van der Waals surface area contributed by atoms with Crippen molar-refractivity contribution in [2.45, 2.75) is 232 Å². The molecule has 0 fully saturated rings. The Morgan fingerprint density at radius 2 is 0.800 bits per heavy atom. The number of carboxylic acid groups (broad SMARTS) is 1. The maximum absolute atomic E-state index is 11.4. The lowest BCUT2D eigenvalue weighted by atomic mass is 9.94. The van der Waals surface area contributed by atoms with Crippen LogP contribution in [0.3, 0.4) is 0 Å². The molecule has 300 valence electrons. The monoisotopic (exact) mass is 717 g/mol. The summed E-state index contributed by atoms with van der Waals surface area (Å²) in [7, 11) is 0. The van der Waals surface area contributed by atoms with Crippen molar-refractivity contribution < 1.29 is 39.9 Å². The molecular weight excluding hydrogens is 632 g/mol. The van der Waals surface area contributed by atoms with E-state index in [4.69, 9.17) is 25.2 Å². The summed E-state index contributed by atoms with van der Waals surface area (Å²) < 4.78 is 4.86. The third-order valence-electron chi connectivity index (χ3n) is 9.65. The lowest BCUT2D eigenvalue weighted by Crippen LogP contribution is -2.23. The second-order valence-corrected chi connectivity index (χ2v) is 14.7. The minimum absolute atomic E-state index is 0.103. The lowest BCUT2D eigenvalue weighted by molar-refractivity contribution is -0.147. The highest BCUT2D eigenvalue weighted by atomic mass is 16.5. The van der Waals surface area contributed by atoms with Gasteiger partial charge in [-0.25, -0.2) is 0 Å². The molecule has 0 aromatic carbocycles. The number of aliphatic carboxylic acids is 1. The SMILES string of the molecule is CCCCCCCCCCCCCCCCC(CC(O)CO)C(=O)O.CCCCCCCCCCCCCCCCCC(=O)OCC(O)CO. The highest BCUT2D eigenvalue weighted by molar-refractivity contribution is 5.70. The maximum Gasteiger partial charge on any atom is 0.306 e. The fourth-order valence-corrected chi connectivity index (χ4v) is 6.29. The van der Waals surface area contributed by atoms with Crippen LogP contribution in [-0.4, -0.2) is 69.5 Å². The van der Waals surface area contributed by atoms with Crippen molar-refractivity contribution in [2.24, 2.45) is 5.92 Å². The summed E-state index contributed by atoms with van der Waals surface area (Å²) in [5.41, 5.74) is 0. The van der Waals surface area contributed by atoms with Crippen LogP contribution in [0.1, 0.15) is 219 Å². The number of aliphatic hydroxyl groups is 4. The Morgan fingerprint density at radius 1 is 0.480 bits per heavy atom. The Labute approximate surface area is 308 Å². The van der Waals surface area contributed by atoms with Crippen molar-refractivity contribution >= 4 is 11.9 Å². The molecule has 0 bridgehead atoms. The zero-order valence-corrected chi connectivity index (χ0v) is 32.9.